The number of anilines is 1. The van der Waals surface area contributed by atoms with Crippen LogP contribution < -0.4 is 5.01 Å². The van der Waals surface area contributed by atoms with Crippen LogP contribution >= 0.6 is 0 Å². The van der Waals surface area contributed by atoms with Gasteiger partial charge in [0.1, 0.15) is 5.82 Å². The molecule has 0 N–H and O–H groups in total. The van der Waals surface area contributed by atoms with Crippen molar-refractivity contribution in [3.8, 4) is 5.82 Å². The maximum Gasteiger partial charge on any atom is 0.280 e. The van der Waals surface area contributed by atoms with Crippen molar-refractivity contribution >= 4 is 23.4 Å². The van der Waals surface area contributed by atoms with Gasteiger partial charge in [-0.2, -0.15) is 10.1 Å². The van der Waals surface area contributed by atoms with Gasteiger partial charge < -0.3 is 4.57 Å². The third kappa shape index (κ3) is 3.05. The first kappa shape index (κ1) is 17.9. The summed E-state index contributed by atoms with van der Waals surface area (Å²) in [5.41, 5.74) is 6.36. The summed E-state index contributed by atoms with van der Waals surface area (Å²) >= 11 is 0. The maximum atomic E-state index is 13.0. The Hall–Kier alpha value is -3.47. The molecule has 4 rings (SSSR count). The Balaban J connectivity index is 1.73. The molecule has 0 radical (unpaired) electrons. The maximum absolute atomic E-state index is 13.0. The average molecular weight is 370 g/mol. The number of hydrogen-bond acceptors (Lipinski definition) is 3. The third-order valence-electron chi connectivity index (χ3n) is 4.96. The molecule has 0 unspecified atom stereocenters. The van der Waals surface area contributed by atoms with E-state index < -0.39 is 0 Å². The van der Waals surface area contributed by atoms with E-state index in [2.05, 4.69) is 33.7 Å². The number of carbonyl (C=O) groups is 1. The van der Waals surface area contributed by atoms with Crippen LogP contribution in [0.25, 0.3) is 11.9 Å². The zero-order valence-corrected chi connectivity index (χ0v) is 16.5. The Labute approximate surface area is 164 Å². The van der Waals surface area contributed by atoms with Crippen LogP contribution in [0.4, 0.5) is 5.69 Å². The van der Waals surface area contributed by atoms with Gasteiger partial charge in [-0.3, -0.25) is 4.79 Å². The van der Waals surface area contributed by atoms with E-state index in [0.29, 0.717) is 11.3 Å². The van der Waals surface area contributed by atoms with E-state index >= 15 is 0 Å². The van der Waals surface area contributed by atoms with Gasteiger partial charge in [0, 0.05) is 17.6 Å². The Morgan fingerprint density at radius 2 is 1.71 bits per heavy atom. The minimum atomic E-state index is -0.109. The molecule has 0 saturated heterocycles. The highest BCUT2D eigenvalue weighted by molar-refractivity contribution is 6.32. The predicted octanol–water partition coefficient (Wildman–Crippen LogP) is 4.60. The van der Waals surface area contributed by atoms with Gasteiger partial charge in [-0.05, 0) is 75.2 Å². The smallest absolute Gasteiger partial charge is 0.280 e. The number of aromatic nitrogens is 2. The molecular weight excluding hydrogens is 348 g/mol. The summed E-state index contributed by atoms with van der Waals surface area (Å²) in [6.07, 6.45) is 3.75. The van der Waals surface area contributed by atoms with Crippen molar-refractivity contribution in [2.75, 3.05) is 5.01 Å². The fraction of sp³-hybridized carbons (Fsp3) is 0.174. The molecule has 140 valence electrons. The van der Waals surface area contributed by atoms with Crippen LogP contribution in [0.15, 0.2) is 65.4 Å². The second-order valence-corrected chi connectivity index (χ2v) is 7.05. The Morgan fingerprint density at radius 1 is 0.964 bits per heavy atom. The number of benzene rings is 1. The molecular formula is C23H22N4O. The minimum Gasteiger partial charge on any atom is -0.303 e. The van der Waals surface area contributed by atoms with Gasteiger partial charge in [-0.25, -0.2) is 4.98 Å². The van der Waals surface area contributed by atoms with Crippen molar-refractivity contribution in [2.24, 2.45) is 5.10 Å². The summed E-state index contributed by atoms with van der Waals surface area (Å²) in [4.78, 5) is 17.5. The number of hydrazone groups is 1. The zero-order chi connectivity index (χ0) is 19.8. The molecule has 2 aromatic heterocycles. The number of amides is 1. The quantitative estimate of drug-likeness (QED) is 0.633. The number of hydrogen-bond donors (Lipinski definition) is 0. The Morgan fingerprint density at radius 3 is 2.43 bits per heavy atom. The van der Waals surface area contributed by atoms with Crippen LogP contribution in [0.5, 0.6) is 0 Å². The average Bonchev–Trinajstić information content (AvgIpc) is 3.12. The van der Waals surface area contributed by atoms with Crippen molar-refractivity contribution in [1.29, 1.82) is 0 Å². The Bertz CT molecular complexity index is 1120. The van der Waals surface area contributed by atoms with Crippen molar-refractivity contribution in [3.05, 3.63) is 82.8 Å². The van der Waals surface area contributed by atoms with Gasteiger partial charge in [-0.15, -0.1) is 0 Å². The molecule has 3 aromatic rings. The molecule has 1 aliphatic rings. The molecule has 0 bridgehead atoms. The van der Waals surface area contributed by atoms with E-state index in [1.807, 2.05) is 69.4 Å². The summed E-state index contributed by atoms with van der Waals surface area (Å²) in [5.74, 6) is 0.774. The van der Waals surface area contributed by atoms with E-state index in [9.17, 15) is 4.79 Å². The van der Waals surface area contributed by atoms with Gasteiger partial charge >= 0.3 is 0 Å². The molecule has 1 amide bonds. The lowest BCUT2D eigenvalue weighted by molar-refractivity contribution is -0.114. The number of para-hydroxylation sites is 1. The van der Waals surface area contributed by atoms with Gasteiger partial charge in [0.25, 0.3) is 5.91 Å². The second kappa shape index (κ2) is 6.93. The van der Waals surface area contributed by atoms with E-state index in [4.69, 9.17) is 0 Å². The molecule has 3 heterocycles. The number of pyridine rings is 1. The number of carbonyl (C=O) groups excluding carboxylic acids is 1. The minimum absolute atomic E-state index is 0.109. The molecule has 1 aliphatic heterocycles. The van der Waals surface area contributed by atoms with Crippen LogP contribution in [0.3, 0.4) is 0 Å². The lowest BCUT2D eigenvalue weighted by Gasteiger charge is -2.11. The van der Waals surface area contributed by atoms with Crippen molar-refractivity contribution in [2.45, 2.75) is 27.7 Å². The largest absolute Gasteiger partial charge is 0.303 e. The first-order valence-electron chi connectivity index (χ1n) is 9.24. The molecule has 1 aromatic carbocycles. The van der Waals surface area contributed by atoms with Crippen molar-refractivity contribution in [1.82, 2.24) is 9.55 Å². The van der Waals surface area contributed by atoms with Crippen LogP contribution in [0.2, 0.25) is 0 Å². The van der Waals surface area contributed by atoms with Gasteiger partial charge in [-0.1, -0.05) is 18.2 Å². The highest BCUT2D eigenvalue weighted by Gasteiger charge is 2.29. The van der Waals surface area contributed by atoms with Crippen LogP contribution in [0.1, 0.15) is 29.4 Å². The monoisotopic (exact) mass is 370 g/mol. The highest BCUT2D eigenvalue weighted by atomic mass is 16.2. The van der Waals surface area contributed by atoms with Gasteiger partial charge in [0.05, 0.1) is 17.0 Å². The normalized spacial score (nSPS) is 15.4. The predicted molar refractivity (Wildman–Crippen MR) is 113 cm³/mol. The number of rotatable bonds is 3. The van der Waals surface area contributed by atoms with Crippen LogP contribution in [-0.2, 0) is 4.79 Å². The van der Waals surface area contributed by atoms with E-state index in [1.54, 1.807) is 0 Å². The topological polar surface area (TPSA) is 50.5 Å². The summed E-state index contributed by atoms with van der Waals surface area (Å²) in [6.45, 7) is 8.02. The summed E-state index contributed by atoms with van der Waals surface area (Å²) in [6, 6.07) is 15.6. The Kier molecular flexibility index (Phi) is 4.43. The van der Waals surface area contributed by atoms with E-state index in [1.165, 1.54) is 5.01 Å². The lowest BCUT2D eigenvalue weighted by atomic mass is 10.1. The third-order valence-corrected chi connectivity index (χ3v) is 4.96. The van der Waals surface area contributed by atoms with Crippen LogP contribution in [0, 0.1) is 20.8 Å². The molecule has 28 heavy (non-hydrogen) atoms. The standard InChI is InChI=1S/C23H22N4O/c1-15-10-11-24-22(12-15)26-16(2)13-19(18(26)4)14-21-17(3)25-27(23(21)28)20-8-6-5-7-9-20/h5-14H,1-4H3/b21-14-. The van der Waals surface area contributed by atoms with Gasteiger partial charge in [0.2, 0.25) is 0 Å². The summed E-state index contributed by atoms with van der Waals surface area (Å²) in [7, 11) is 0. The fourth-order valence-electron chi connectivity index (χ4n) is 3.51. The second-order valence-electron chi connectivity index (χ2n) is 7.05. The van der Waals surface area contributed by atoms with E-state index in [-0.39, 0.29) is 5.91 Å². The van der Waals surface area contributed by atoms with Gasteiger partial charge in [0.15, 0.2) is 0 Å². The molecule has 0 fully saturated rings. The number of nitrogens with zero attached hydrogens (tertiary/aromatic N) is 4. The zero-order valence-electron chi connectivity index (χ0n) is 16.5. The van der Waals surface area contributed by atoms with Crippen molar-refractivity contribution < 1.29 is 4.79 Å². The number of aryl methyl sites for hydroxylation is 2. The van der Waals surface area contributed by atoms with Crippen molar-refractivity contribution in [3.63, 3.8) is 0 Å². The fourth-order valence-corrected chi connectivity index (χ4v) is 3.51. The lowest BCUT2D eigenvalue weighted by Crippen LogP contribution is -2.21. The molecule has 5 heteroatoms. The summed E-state index contributed by atoms with van der Waals surface area (Å²) in [5, 5.41) is 5.92. The molecule has 0 spiro atoms. The first-order chi connectivity index (χ1) is 13.5. The molecule has 0 saturated carbocycles. The van der Waals surface area contributed by atoms with Crippen LogP contribution in [-0.4, -0.2) is 21.2 Å². The highest BCUT2D eigenvalue weighted by Crippen LogP contribution is 2.27. The molecule has 0 atom stereocenters. The summed E-state index contributed by atoms with van der Waals surface area (Å²) < 4.78 is 2.11. The van der Waals surface area contributed by atoms with E-state index in [0.717, 1.165) is 34.0 Å². The molecule has 5 nitrogen and oxygen atoms in total. The first-order valence-corrected chi connectivity index (χ1v) is 9.24. The SMILES string of the molecule is CC1=NN(c2ccccc2)C(=O)/C1=C\c1cc(C)n(-c2cc(C)ccn2)c1C. The molecule has 0 aliphatic carbocycles.